The van der Waals surface area contributed by atoms with Crippen LogP contribution in [0.1, 0.15) is 5.82 Å². The fourth-order valence-corrected chi connectivity index (χ4v) is 1.80. The van der Waals surface area contributed by atoms with E-state index >= 15 is 0 Å². The van der Waals surface area contributed by atoms with Gasteiger partial charge in [-0.1, -0.05) is 0 Å². The minimum absolute atomic E-state index is 0.361. The Balaban J connectivity index is 1.91. The second-order valence-corrected chi connectivity index (χ2v) is 4.28. The van der Waals surface area contributed by atoms with Crippen molar-refractivity contribution >= 4 is 22.9 Å². The first-order valence-corrected chi connectivity index (χ1v) is 6.30. The van der Waals surface area contributed by atoms with E-state index in [4.69, 9.17) is 9.84 Å². The molecule has 0 bridgehead atoms. The fourth-order valence-electron chi connectivity index (χ4n) is 1.80. The number of rotatable bonds is 6. The summed E-state index contributed by atoms with van der Waals surface area (Å²) < 4.78 is 5.13. The number of methoxy groups -OCH3 is 1. The maximum atomic E-state index is 11.3. The summed E-state index contributed by atoms with van der Waals surface area (Å²) in [5.41, 5.74) is 1.68. The Morgan fingerprint density at radius 3 is 2.95 bits per heavy atom. The van der Waals surface area contributed by atoms with Gasteiger partial charge in [-0.05, 0) is 12.1 Å². The van der Waals surface area contributed by atoms with Gasteiger partial charge in [0.05, 0.1) is 18.1 Å². The van der Waals surface area contributed by atoms with Gasteiger partial charge in [0.2, 0.25) is 5.91 Å². The Bertz CT molecular complexity index is 691. The van der Waals surface area contributed by atoms with Crippen molar-refractivity contribution in [2.45, 2.75) is 6.42 Å². The standard InChI is InChI=1S/C14H15N3O4/c1-21-9-2-3-10-11(8-9)17-12(16-10)6-7-15-13(18)4-5-14(19)20/h2-5,8H,6-7H2,1H3,(H,15,18)(H,16,17)(H,19,20)/b5-4+. The monoisotopic (exact) mass is 289 g/mol. The highest BCUT2D eigenvalue weighted by molar-refractivity contribution is 5.93. The van der Waals surface area contributed by atoms with Crippen molar-refractivity contribution in [3.63, 3.8) is 0 Å². The predicted octanol–water partition coefficient (Wildman–Crippen LogP) is 0.871. The second kappa shape index (κ2) is 6.56. The maximum absolute atomic E-state index is 11.3. The Labute approximate surface area is 120 Å². The summed E-state index contributed by atoms with van der Waals surface area (Å²) in [7, 11) is 1.60. The number of carbonyl (C=O) groups is 2. The number of nitrogens with zero attached hydrogens (tertiary/aromatic N) is 1. The number of aromatic amines is 1. The summed E-state index contributed by atoms with van der Waals surface area (Å²) >= 11 is 0. The minimum atomic E-state index is -1.16. The van der Waals surface area contributed by atoms with Gasteiger partial charge in [-0.2, -0.15) is 0 Å². The first kappa shape index (κ1) is 14.6. The summed E-state index contributed by atoms with van der Waals surface area (Å²) in [6, 6.07) is 5.52. The number of benzene rings is 1. The molecule has 0 saturated heterocycles. The molecule has 2 rings (SSSR count). The number of carboxylic acid groups (broad SMARTS) is 1. The molecule has 0 aliphatic heterocycles. The van der Waals surface area contributed by atoms with Crippen molar-refractivity contribution in [3.8, 4) is 5.75 Å². The zero-order valence-electron chi connectivity index (χ0n) is 11.4. The molecule has 7 heteroatoms. The molecule has 1 aromatic carbocycles. The molecular weight excluding hydrogens is 274 g/mol. The molecule has 0 spiro atoms. The first-order valence-electron chi connectivity index (χ1n) is 6.30. The van der Waals surface area contributed by atoms with Crippen LogP contribution < -0.4 is 10.1 Å². The van der Waals surface area contributed by atoms with E-state index in [1.54, 1.807) is 7.11 Å². The van der Waals surface area contributed by atoms with Gasteiger partial charge in [-0.25, -0.2) is 9.78 Å². The largest absolute Gasteiger partial charge is 0.497 e. The molecule has 2 aromatic rings. The highest BCUT2D eigenvalue weighted by Crippen LogP contribution is 2.18. The van der Waals surface area contributed by atoms with Crippen molar-refractivity contribution in [2.75, 3.05) is 13.7 Å². The van der Waals surface area contributed by atoms with Crippen LogP contribution in [0.5, 0.6) is 5.75 Å². The number of hydrogen-bond donors (Lipinski definition) is 3. The highest BCUT2D eigenvalue weighted by Gasteiger charge is 2.04. The lowest BCUT2D eigenvalue weighted by molar-refractivity contribution is -0.131. The summed E-state index contributed by atoms with van der Waals surface area (Å²) in [5, 5.41) is 11.0. The van der Waals surface area contributed by atoms with Crippen molar-refractivity contribution in [2.24, 2.45) is 0 Å². The number of fused-ring (bicyclic) bond motifs is 1. The third kappa shape index (κ3) is 4.07. The molecule has 0 unspecified atom stereocenters. The van der Waals surface area contributed by atoms with E-state index in [1.165, 1.54) is 0 Å². The van der Waals surface area contributed by atoms with E-state index < -0.39 is 11.9 Å². The highest BCUT2D eigenvalue weighted by atomic mass is 16.5. The van der Waals surface area contributed by atoms with Crippen LogP contribution >= 0.6 is 0 Å². The van der Waals surface area contributed by atoms with Gasteiger partial charge < -0.3 is 20.1 Å². The van der Waals surface area contributed by atoms with E-state index in [1.807, 2.05) is 18.2 Å². The number of amides is 1. The number of aliphatic carboxylic acids is 1. The Morgan fingerprint density at radius 1 is 1.43 bits per heavy atom. The van der Waals surface area contributed by atoms with Gasteiger partial charge in [0, 0.05) is 31.2 Å². The molecule has 1 aromatic heterocycles. The normalized spacial score (nSPS) is 10.9. The molecule has 0 saturated carbocycles. The van der Waals surface area contributed by atoms with Crippen molar-refractivity contribution in [3.05, 3.63) is 36.2 Å². The van der Waals surface area contributed by atoms with Crippen LogP contribution in [0.3, 0.4) is 0 Å². The van der Waals surface area contributed by atoms with Crippen molar-refractivity contribution < 1.29 is 19.4 Å². The third-order valence-corrected chi connectivity index (χ3v) is 2.78. The number of carboxylic acids is 1. The number of H-pyrrole nitrogens is 1. The summed E-state index contributed by atoms with van der Waals surface area (Å²) in [4.78, 5) is 29.1. The lowest BCUT2D eigenvalue weighted by Crippen LogP contribution is -2.24. The van der Waals surface area contributed by atoms with Gasteiger partial charge in [0.1, 0.15) is 11.6 Å². The van der Waals surface area contributed by atoms with E-state index in [0.29, 0.717) is 13.0 Å². The van der Waals surface area contributed by atoms with Crippen LogP contribution in [-0.2, 0) is 16.0 Å². The molecular formula is C14H15N3O4. The molecule has 1 amide bonds. The number of carbonyl (C=O) groups excluding carboxylic acids is 1. The van der Waals surface area contributed by atoms with Crippen LogP contribution in [0.2, 0.25) is 0 Å². The van der Waals surface area contributed by atoms with Crippen LogP contribution in [-0.4, -0.2) is 40.6 Å². The SMILES string of the molecule is COc1ccc2nc(CCNC(=O)/C=C/C(=O)O)[nH]c2c1. The number of nitrogens with one attached hydrogen (secondary N) is 2. The number of ether oxygens (including phenoxy) is 1. The second-order valence-electron chi connectivity index (χ2n) is 4.28. The lowest BCUT2D eigenvalue weighted by atomic mass is 10.3. The minimum Gasteiger partial charge on any atom is -0.497 e. The van der Waals surface area contributed by atoms with E-state index in [0.717, 1.165) is 34.8 Å². The van der Waals surface area contributed by atoms with Gasteiger partial charge in [-0.3, -0.25) is 4.79 Å². The average molecular weight is 289 g/mol. The number of aromatic nitrogens is 2. The summed E-state index contributed by atoms with van der Waals surface area (Å²) in [6.45, 7) is 0.361. The number of imidazole rings is 1. The topological polar surface area (TPSA) is 104 Å². The molecule has 0 aliphatic rings. The smallest absolute Gasteiger partial charge is 0.328 e. The van der Waals surface area contributed by atoms with Crippen LogP contribution in [0.25, 0.3) is 11.0 Å². The molecule has 1 heterocycles. The van der Waals surface area contributed by atoms with E-state index in [9.17, 15) is 9.59 Å². The Morgan fingerprint density at radius 2 is 2.24 bits per heavy atom. The quantitative estimate of drug-likeness (QED) is 0.684. The van der Waals surface area contributed by atoms with Gasteiger partial charge in [0.15, 0.2) is 0 Å². The fraction of sp³-hybridized carbons (Fsp3) is 0.214. The van der Waals surface area contributed by atoms with E-state index in [-0.39, 0.29) is 0 Å². The van der Waals surface area contributed by atoms with Gasteiger partial charge >= 0.3 is 5.97 Å². The van der Waals surface area contributed by atoms with Crippen LogP contribution in [0.15, 0.2) is 30.4 Å². The number of hydrogen-bond acceptors (Lipinski definition) is 4. The predicted molar refractivity (Wildman–Crippen MR) is 76.1 cm³/mol. The molecule has 0 fully saturated rings. The molecule has 0 aliphatic carbocycles. The maximum Gasteiger partial charge on any atom is 0.328 e. The molecule has 0 atom stereocenters. The van der Waals surface area contributed by atoms with Crippen molar-refractivity contribution in [1.82, 2.24) is 15.3 Å². The molecule has 110 valence electrons. The Hall–Kier alpha value is -2.83. The van der Waals surface area contributed by atoms with Crippen LogP contribution in [0.4, 0.5) is 0 Å². The lowest BCUT2D eigenvalue weighted by Gasteiger charge is -1.99. The van der Waals surface area contributed by atoms with Crippen LogP contribution in [0, 0.1) is 0 Å². The third-order valence-electron chi connectivity index (χ3n) is 2.78. The zero-order valence-corrected chi connectivity index (χ0v) is 11.4. The summed E-state index contributed by atoms with van der Waals surface area (Å²) in [5.74, 6) is -0.128. The summed E-state index contributed by atoms with van der Waals surface area (Å²) in [6.07, 6.45) is 2.29. The first-order chi connectivity index (χ1) is 10.1. The molecule has 3 N–H and O–H groups in total. The zero-order chi connectivity index (χ0) is 15.2. The molecule has 7 nitrogen and oxygen atoms in total. The Kier molecular flexibility index (Phi) is 4.55. The van der Waals surface area contributed by atoms with E-state index in [2.05, 4.69) is 15.3 Å². The molecule has 0 radical (unpaired) electrons. The van der Waals surface area contributed by atoms with Crippen molar-refractivity contribution in [1.29, 1.82) is 0 Å². The van der Waals surface area contributed by atoms with Gasteiger partial charge in [0.25, 0.3) is 0 Å². The molecule has 21 heavy (non-hydrogen) atoms. The average Bonchev–Trinajstić information content (AvgIpc) is 2.86. The van der Waals surface area contributed by atoms with Gasteiger partial charge in [-0.15, -0.1) is 0 Å².